The van der Waals surface area contributed by atoms with Crippen molar-refractivity contribution >= 4 is 15.9 Å². The van der Waals surface area contributed by atoms with Gasteiger partial charge in [0, 0.05) is 12.4 Å². The van der Waals surface area contributed by atoms with Crippen LogP contribution in [0.2, 0.25) is 0 Å². The minimum Gasteiger partial charge on any atom is -0.453 e. The predicted octanol–water partition coefficient (Wildman–Crippen LogP) is 3.33. The monoisotopic (exact) mass is 294 g/mol. The zero-order valence-electron chi connectivity index (χ0n) is 9.69. The molecule has 2 aromatic heterocycles. The second-order valence-electron chi connectivity index (χ2n) is 3.93. The lowest BCUT2D eigenvalue weighted by molar-refractivity contribution is 0.420. The van der Waals surface area contributed by atoms with Crippen LogP contribution in [0.1, 0.15) is 24.3 Å². The zero-order valence-corrected chi connectivity index (χ0v) is 11.3. The van der Waals surface area contributed by atoms with Crippen LogP contribution in [0.25, 0.3) is 0 Å². The number of nitrogens with one attached hydrogen (secondary N) is 1. The van der Waals surface area contributed by atoms with E-state index in [-0.39, 0.29) is 6.04 Å². The van der Waals surface area contributed by atoms with Crippen molar-refractivity contribution in [3.63, 3.8) is 0 Å². The molecule has 0 spiro atoms. The molecule has 0 aromatic carbocycles. The third-order valence-electron chi connectivity index (χ3n) is 2.61. The van der Waals surface area contributed by atoms with Gasteiger partial charge in [-0.05, 0) is 59.6 Å². The van der Waals surface area contributed by atoms with Gasteiger partial charge >= 0.3 is 0 Å². The summed E-state index contributed by atoms with van der Waals surface area (Å²) in [4.78, 5) is 4.09. The lowest BCUT2D eigenvalue weighted by Crippen LogP contribution is -2.20. The minimum absolute atomic E-state index is 0.220. The molecular formula is C13H15BrN2O. The van der Waals surface area contributed by atoms with E-state index < -0.39 is 0 Å². The SMILES string of the molecule is CC(NCCc1cccnc1)c1ccc(Br)o1. The number of pyridine rings is 1. The van der Waals surface area contributed by atoms with Gasteiger partial charge in [0.05, 0.1) is 6.04 Å². The Morgan fingerprint density at radius 3 is 2.94 bits per heavy atom. The van der Waals surface area contributed by atoms with Gasteiger partial charge in [0.2, 0.25) is 0 Å². The molecule has 1 N–H and O–H groups in total. The van der Waals surface area contributed by atoms with E-state index in [9.17, 15) is 0 Å². The fourth-order valence-corrected chi connectivity index (χ4v) is 1.96. The van der Waals surface area contributed by atoms with Crippen LogP contribution >= 0.6 is 15.9 Å². The molecule has 0 aliphatic carbocycles. The van der Waals surface area contributed by atoms with Gasteiger partial charge in [-0.3, -0.25) is 4.98 Å². The van der Waals surface area contributed by atoms with E-state index in [4.69, 9.17) is 4.42 Å². The number of hydrogen-bond donors (Lipinski definition) is 1. The molecule has 0 radical (unpaired) electrons. The molecule has 0 bridgehead atoms. The van der Waals surface area contributed by atoms with E-state index in [1.54, 1.807) is 6.20 Å². The smallest absolute Gasteiger partial charge is 0.169 e. The maximum absolute atomic E-state index is 5.49. The molecule has 2 heterocycles. The number of furan rings is 1. The largest absolute Gasteiger partial charge is 0.453 e. The first-order chi connectivity index (χ1) is 8.25. The van der Waals surface area contributed by atoms with E-state index in [0.29, 0.717) is 0 Å². The normalized spacial score (nSPS) is 12.6. The second-order valence-corrected chi connectivity index (χ2v) is 4.71. The summed E-state index contributed by atoms with van der Waals surface area (Å²) in [6.45, 7) is 3.00. The Morgan fingerprint density at radius 1 is 1.41 bits per heavy atom. The summed E-state index contributed by atoms with van der Waals surface area (Å²) >= 11 is 3.30. The van der Waals surface area contributed by atoms with Crippen molar-refractivity contribution in [2.75, 3.05) is 6.54 Å². The van der Waals surface area contributed by atoms with Crippen LogP contribution in [0.5, 0.6) is 0 Å². The van der Waals surface area contributed by atoms with Crippen molar-refractivity contribution in [1.82, 2.24) is 10.3 Å². The molecule has 0 amide bonds. The highest BCUT2D eigenvalue weighted by Gasteiger charge is 2.08. The molecule has 0 aliphatic heterocycles. The number of hydrogen-bond acceptors (Lipinski definition) is 3. The number of halogens is 1. The number of aromatic nitrogens is 1. The summed E-state index contributed by atoms with van der Waals surface area (Å²) in [5, 5.41) is 3.42. The van der Waals surface area contributed by atoms with Crippen molar-refractivity contribution in [2.24, 2.45) is 0 Å². The van der Waals surface area contributed by atoms with Crippen LogP contribution in [-0.4, -0.2) is 11.5 Å². The second kappa shape index (κ2) is 5.98. The Labute approximate surface area is 109 Å². The summed E-state index contributed by atoms with van der Waals surface area (Å²) < 4.78 is 6.26. The van der Waals surface area contributed by atoms with Crippen LogP contribution in [0.4, 0.5) is 0 Å². The maximum atomic E-state index is 5.49. The molecule has 0 aliphatic rings. The summed E-state index contributed by atoms with van der Waals surface area (Å²) in [5.74, 6) is 0.947. The molecule has 1 unspecified atom stereocenters. The van der Waals surface area contributed by atoms with Gasteiger partial charge in [0.1, 0.15) is 5.76 Å². The van der Waals surface area contributed by atoms with Crippen molar-refractivity contribution in [3.8, 4) is 0 Å². The molecule has 90 valence electrons. The summed E-state index contributed by atoms with van der Waals surface area (Å²) in [7, 11) is 0. The van der Waals surface area contributed by atoms with Crippen LogP contribution in [0, 0.1) is 0 Å². The quantitative estimate of drug-likeness (QED) is 0.919. The van der Waals surface area contributed by atoms with Gasteiger partial charge in [0.15, 0.2) is 4.67 Å². The molecule has 1 atom stereocenters. The lowest BCUT2D eigenvalue weighted by Gasteiger charge is -2.10. The first kappa shape index (κ1) is 12.3. The van der Waals surface area contributed by atoms with Crippen molar-refractivity contribution < 1.29 is 4.42 Å². The Kier molecular flexibility index (Phi) is 4.34. The predicted molar refractivity (Wildman–Crippen MR) is 70.8 cm³/mol. The molecule has 2 aromatic rings. The van der Waals surface area contributed by atoms with Gasteiger partial charge in [-0.1, -0.05) is 6.07 Å². The van der Waals surface area contributed by atoms with E-state index in [2.05, 4.69) is 39.2 Å². The molecule has 4 heteroatoms. The average molecular weight is 295 g/mol. The highest BCUT2D eigenvalue weighted by molar-refractivity contribution is 9.10. The Morgan fingerprint density at radius 2 is 2.29 bits per heavy atom. The van der Waals surface area contributed by atoms with Crippen LogP contribution < -0.4 is 5.32 Å². The van der Waals surface area contributed by atoms with E-state index in [1.165, 1.54) is 5.56 Å². The Hall–Kier alpha value is -1.13. The van der Waals surface area contributed by atoms with Crippen LogP contribution in [0.15, 0.2) is 45.7 Å². The fraction of sp³-hybridized carbons (Fsp3) is 0.308. The van der Waals surface area contributed by atoms with E-state index in [1.807, 2.05) is 24.4 Å². The van der Waals surface area contributed by atoms with Crippen molar-refractivity contribution in [1.29, 1.82) is 0 Å². The van der Waals surface area contributed by atoms with Crippen molar-refractivity contribution in [3.05, 3.63) is 52.7 Å². The van der Waals surface area contributed by atoms with Gasteiger partial charge < -0.3 is 9.73 Å². The van der Waals surface area contributed by atoms with Gasteiger partial charge in [-0.25, -0.2) is 0 Å². The third kappa shape index (κ3) is 3.68. The standard InChI is InChI=1S/C13H15BrN2O/c1-10(12-4-5-13(14)17-12)16-8-6-11-3-2-7-15-9-11/h2-5,7,9-10,16H,6,8H2,1H3. The molecule has 0 fully saturated rings. The summed E-state index contributed by atoms with van der Waals surface area (Å²) in [6.07, 6.45) is 4.66. The van der Waals surface area contributed by atoms with Gasteiger partial charge in [0.25, 0.3) is 0 Å². The lowest BCUT2D eigenvalue weighted by atomic mass is 10.2. The maximum Gasteiger partial charge on any atom is 0.169 e. The van der Waals surface area contributed by atoms with E-state index >= 15 is 0 Å². The zero-order chi connectivity index (χ0) is 12.1. The fourth-order valence-electron chi connectivity index (χ4n) is 1.64. The first-order valence-corrected chi connectivity index (χ1v) is 6.42. The van der Waals surface area contributed by atoms with E-state index in [0.717, 1.165) is 23.4 Å². The number of nitrogens with zero attached hydrogens (tertiary/aromatic N) is 1. The molecule has 3 nitrogen and oxygen atoms in total. The molecular weight excluding hydrogens is 280 g/mol. The van der Waals surface area contributed by atoms with Crippen LogP contribution in [-0.2, 0) is 6.42 Å². The highest BCUT2D eigenvalue weighted by Crippen LogP contribution is 2.19. The average Bonchev–Trinajstić information content (AvgIpc) is 2.77. The molecule has 17 heavy (non-hydrogen) atoms. The first-order valence-electron chi connectivity index (χ1n) is 5.63. The minimum atomic E-state index is 0.220. The third-order valence-corrected chi connectivity index (χ3v) is 3.03. The van der Waals surface area contributed by atoms with Crippen molar-refractivity contribution in [2.45, 2.75) is 19.4 Å². The Balaban J connectivity index is 1.79. The Bertz CT molecular complexity index is 455. The number of rotatable bonds is 5. The molecule has 0 saturated carbocycles. The van der Waals surface area contributed by atoms with Gasteiger partial charge in [-0.2, -0.15) is 0 Å². The molecule has 0 saturated heterocycles. The molecule has 2 rings (SSSR count). The topological polar surface area (TPSA) is 38.1 Å². The summed E-state index contributed by atoms with van der Waals surface area (Å²) in [6, 6.07) is 8.16. The summed E-state index contributed by atoms with van der Waals surface area (Å²) in [5.41, 5.74) is 1.24. The van der Waals surface area contributed by atoms with Gasteiger partial charge in [-0.15, -0.1) is 0 Å². The van der Waals surface area contributed by atoms with Crippen LogP contribution in [0.3, 0.4) is 0 Å². The highest BCUT2D eigenvalue weighted by atomic mass is 79.9.